The molecule has 0 aliphatic carbocycles. The lowest BCUT2D eigenvalue weighted by atomic mass is 10.2. The number of carbonyl (C=O) groups excluding carboxylic acids is 2. The highest BCUT2D eigenvalue weighted by Gasteiger charge is 2.11. The largest absolute Gasteiger partial charge is 0.495 e. The predicted octanol–water partition coefficient (Wildman–Crippen LogP) is 1.64. The van der Waals surface area contributed by atoms with Crippen molar-refractivity contribution in [2.75, 3.05) is 12.5 Å². The molecule has 1 N–H and O–H groups in total. The Morgan fingerprint density at radius 2 is 1.76 bits per heavy atom. The van der Waals surface area contributed by atoms with Crippen LogP contribution < -0.4 is 10.2 Å². The number of hydrazone groups is 1. The zero-order chi connectivity index (χ0) is 12.8. The van der Waals surface area contributed by atoms with Crippen LogP contribution in [0.2, 0.25) is 0 Å². The van der Waals surface area contributed by atoms with Crippen LogP contribution in [0.3, 0.4) is 0 Å². The molecule has 17 heavy (non-hydrogen) atoms. The zero-order valence-electron chi connectivity index (χ0n) is 9.98. The molecule has 1 aromatic rings. The number of nitrogens with one attached hydrogen (secondary N) is 1. The standard InChI is InChI=1S/C12H14N2O3/c1-8(15)12(9(2)16)14-13-10-6-4-5-7-11(10)17-3/h4-7,13H,1-3H3. The molecule has 0 aliphatic rings. The third-order valence-corrected chi connectivity index (χ3v) is 2.06. The molecule has 90 valence electrons. The molecule has 0 aliphatic heterocycles. The molecule has 1 aromatic carbocycles. The van der Waals surface area contributed by atoms with E-state index in [2.05, 4.69) is 10.5 Å². The van der Waals surface area contributed by atoms with Crippen molar-refractivity contribution in [1.82, 2.24) is 0 Å². The molecular weight excluding hydrogens is 220 g/mol. The Hall–Kier alpha value is -2.17. The molecule has 5 nitrogen and oxygen atoms in total. The summed E-state index contributed by atoms with van der Waals surface area (Å²) in [6.45, 7) is 2.59. The third kappa shape index (κ3) is 3.41. The van der Waals surface area contributed by atoms with Gasteiger partial charge in [0, 0.05) is 13.8 Å². The maximum absolute atomic E-state index is 11.1. The Morgan fingerprint density at radius 1 is 1.18 bits per heavy atom. The van der Waals surface area contributed by atoms with E-state index in [9.17, 15) is 9.59 Å². The SMILES string of the molecule is COc1ccccc1NN=C(C(C)=O)C(C)=O. The Bertz CT molecular complexity index is 451. The van der Waals surface area contributed by atoms with Crippen molar-refractivity contribution in [2.24, 2.45) is 5.10 Å². The lowest BCUT2D eigenvalue weighted by Crippen LogP contribution is -2.20. The van der Waals surface area contributed by atoms with E-state index in [0.29, 0.717) is 11.4 Å². The average molecular weight is 234 g/mol. The highest BCUT2D eigenvalue weighted by Crippen LogP contribution is 2.22. The summed E-state index contributed by atoms with van der Waals surface area (Å²) in [5, 5.41) is 3.79. The number of ether oxygens (including phenoxy) is 1. The average Bonchev–Trinajstić information content (AvgIpc) is 2.29. The fourth-order valence-corrected chi connectivity index (χ4v) is 1.26. The Morgan fingerprint density at radius 3 is 2.29 bits per heavy atom. The van der Waals surface area contributed by atoms with E-state index in [-0.39, 0.29) is 17.3 Å². The number of benzene rings is 1. The minimum atomic E-state index is -0.375. The highest BCUT2D eigenvalue weighted by molar-refractivity contribution is 6.65. The second-order valence-corrected chi connectivity index (χ2v) is 3.38. The molecule has 0 aromatic heterocycles. The van der Waals surface area contributed by atoms with Crippen molar-refractivity contribution in [3.8, 4) is 5.75 Å². The van der Waals surface area contributed by atoms with Gasteiger partial charge in [0.25, 0.3) is 0 Å². The molecule has 0 saturated carbocycles. The van der Waals surface area contributed by atoms with E-state index in [1.54, 1.807) is 18.2 Å². The van der Waals surface area contributed by atoms with E-state index in [4.69, 9.17) is 4.74 Å². The first-order chi connectivity index (χ1) is 8.06. The first-order valence-electron chi connectivity index (χ1n) is 5.05. The fraction of sp³-hybridized carbons (Fsp3) is 0.250. The monoisotopic (exact) mass is 234 g/mol. The van der Waals surface area contributed by atoms with Crippen LogP contribution in [0.25, 0.3) is 0 Å². The molecule has 0 radical (unpaired) electrons. The Labute approximate surface area is 99.5 Å². The minimum absolute atomic E-state index is 0.115. The number of rotatable bonds is 5. The summed E-state index contributed by atoms with van der Waals surface area (Å²) >= 11 is 0. The Balaban J connectivity index is 2.94. The lowest BCUT2D eigenvalue weighted by Gasteiger charge is -2.07. The number of hydrogen-bond donors (Lipinski definition) is 1. The predicted molar refractivity (Wildman–Crippen MR) is 65.4 cm³/mol. The fourth-order valence-electron chi connectivity index (χ4n) is 1.26. The van der Waals surface area contributed by atoms with E-state index in [1.165, 1.54) is 21.0 Å². The van der Waals surface area contributed by atoms with Gasteiger partial charge in [-0.3, -0.25) is 15.0 Å². The molecular formula is C12H14N2O3. The van der Waals surface area contributed by atoms with Gasteiger partial charge in [-0.2, -0.15) is 5.10 Å². The van der Waals surface area contributed by atoms with Crippen molar-refractivity contribution in [3.05, 3.63) is 24.3 Å². The molecule has 0 heterocycles. The van der Waals surface area contributed by atoms with E-state index in [0.717, 1.165) is 0 Å². The summed E-state index contributed by atoms with van der Waals surface area (Å²) in [5.74, 6) is -0.164. The minimum Gasteiger partial charge on any atom is -0.495 e. The van der Waals surface area contributed by atoms with Crippen LogP contribution in [0, 0.1) is 0 Å². The van der Waals surface area contributed by atoms with E-state index >= 15 is 0 Å². The van der Waals surface area contributed by atoms with Gasteiger partial charge in [0.15, 0.2) is 17.3 Å². The van der Waals surface area contributed by atoms with Crippen molar-refractivity contribution in [1.29, 1.82) is 0 Å². The summed E-state index contributed by atoms with van der Waals surface area (Å²) in [4.78, 5) is 22.3. The smallest absolute Gasteiger partial charge is 0.183 e. The summed E-state index contributed by atoms with van der Waals surface area (Å²) in [6, 6.07) is 7.09. The lowest BCUT2D eigenvalue weighted by molar-refractivity contribution is -0.114. The van der Waals surface area contributed by atoms with E-state index < -0.39 is 0 Å². The molecule has 0 fully saturated rings. The topological polar surface area (TPSA) is 67.8 Å². The van der Waals surface area contributed by atoms with Crippen LogP contribution >= 0.6 is 0 Å². The number of carbonyl (C=O) groups is 2. The van der Waals surface area contributed by atoms with Crippen molar-refractivity contribution < 1.29 is 14.3 Å². The molecule has 0 saturated heterocycles. The number of anilines is 1. The van der Waals surface area contributed by atoms with Gasteiger partial charge in [0.05, 0.1) is 12.8 Å². The third-order valence-electron chi connectivity index (χ3n) is 2.06. The number of methoxy groups -OCH3 is 1. The van der Waals surface area contributed by atoms with Crippen molar-refractivity contribution >= 4 is 23.0 Å². The maximum Gasteiger partial charge on any atom is 0.183 e. The van der Waals surface area contributed by atoms with Crippen LogP contribution in [0.5, 0.6) is 5.75 Å². The summed E-state index contributed by atoms with van der Waals surface area (Å²) in [6.07, 6.45) is 0. The van der Waals surface area contributed by atoms with Crippen LogP contribution in [-0.2, 0) is 9.59 Å². The van der Waals surface area contributed by atoms with Crippen molar-refractivity contribution in [3.63, 3.8) is 0 Å². The summed E-state index contributed by atoms with van der Waals surface area (Å²) in [7, 11) is 1.53. The van der Waals surface area contributed by atoms with Gasteiger partial charge in [-0.15, -0.1) is 0 Å². The van der Waals surface area contributed by atoms with Gasteiger partial charge in [-0.25, -0.2) is 0 Å². The van der Waals surface area contributed by atoms with Gasteiger partial charge in [-0.05, 0) is 12.1 Å². The van der Waals surface area contributed by atoms with E-state index in [1.807, 2.05) is 6.07 Å². The quantitative estimate of drug-likeness (QED) is 0.477. The maximum atomic E-state index is 11.1. The normalized spacial score (nSPS) is 9.35. The van der Waals surface area contributed by atoms with Crippen LogP contribution in [0.15, 0.2) is 29.4 Å². The molecule has 0 spiro atoms. The number of Topliss-reactive ketones (excluding diaryl/α,β-unsaturated/α-hetero) is 2. The summed E-state index contributed by atoms with van der Waals surface area (Å²) < 4.78 is 5.10. The first-order valence-corrected chi connectivity index (χ1v) is 5.05. The van der Waals surface area contributed by atoms with Crippen molar-refractivity contribution in [2.45, 2.75) is 13.8 Å². The molecule has 5 heteroatoms. The van der Waals surface area contributed by atoms with Crippen LogP contribution in [-0.4, -0.2) is 24.4 Å². The number of hydrogen-bond acceptors (Lipinski definition) is 5. The Kier molecular flexibility index (Phi) is 4.39. The van der Waals surface area contributed by atoms with Crippen LogP contribution in [0.4, 0.5) is 5.69 Å². The first kappa shape index (κ1) is 12.9. The second kappa shape index (κ2) is 5.79. The molecule has 0 bridgehead atoms. The number of nitrogens with zero attached hydrogens (tertiary/aromatic N) is 1. The number of para-hydroxylation sites is 2. The molecule has 0 atom stereocenters. The highest BCUT2D eigenvalue weighted by atomic mass is 16.5. The summed E-state index contributed by atoms with van der Waals surface area (Å²) in [5.41, 5.74) is 3.13. The van der Waals surface area contributed by atoms with Crippen LogP contribution in [0.1, 0.15) is 13.8 Å². The van der Waals surface area contributed by atoms with Gasteiger partial charge < -0.3 is 4.74 Å². The second-order valence-electron chi connectivity index (χ2n) is 3.38. The molecule has 0 amide bonds. The van der Waals surface area contributed by atoms with Gasteiger partial charge in [-0.1, -0.05) is 12.1 Å². The van der Waals surface area contributed by atoms with Gasteiger partial charge >= 0.3 is 0 Å². The molecule has 0 unspecified atom stereocenters. The zero-order valence-corrected chi connectivity index (χ0v) is 9.98. The number of ketones is 2. The molecule has 1 rings (SSSR count). The van der Waals surface area contributed by atoms with Gasteiger partial charge in [0.1, 0.15) is 5.75 Å². The van der Waals surface area contributed by atoms with Gasteiger partial charge in [0.2, 0.25) is 0 Å².